The van der Waals surface area contributed by atoms with Crippen molar-refractivity contribution in [3.05, 3.63) is 30.0 Å². The Morgan fingerprint density at radius 2 is 1.85 bits per heavy atom. The third-order valence-corrected chi connectivity index (χ3v) is 5.93. The average molecular weight is 474 g/mol. The lowest BCUT2D eigenvalue weighted by Crippen LogP contribution is -2.46. The smallest absolute Gasteiger partial charge is 0.408 e. The molecule has 1 aromatic carbocycles. The van der Waals surface area contributed by atoms with E-state index < -0.39 is 29.8 Å². The van der Waals surface area contributed by atoms with Crippen LogP contribution in [-0.2, 0) is 23.8 Å². The molecule has 9 heteroatoms. The van der Waals surface area contributed by atoms with E-state index in [-0.39, 0.29) is 17.8 Å². The molecule has 0 saturated heterocycles. The van der Waals surface area contributed by atoms with E-state index in [9.17, 15) is 14.4 Å². The molecule has 4 unspecified atom stereocenters. The number of fused-ring (bicyclic) bond motifs is 2. The zero-order valence-corrected chi connectivity index (χ0v) is 19.9. The number of ketones is 1. The van der Waals surface area contributed by atoms with Crippen molar-refractivity contribution >= 4 is 23.4 Å². The lowest BCUT2D eigenvalue weighted by molar-refractivity contribution is -0.156. The molecule has 1 fully saturated rings. The zero-order chi connectivity index (χ0) is 24.5. The van der Waals surface area contributed by atoms with Crippen molar-refractivity contribution in [2.45, 2.75) is 70.8 Å². The summed E-state index contributed by atoms with van der Waals surface area (Å²) < 4.78 is 27.9. The molecule has 4 rings (SSSR count). The summed E-state index contributed by atoms with van der Waals surface area (Å²) in [6.07, 6.45) is 1.53. The summed E-state index contributed by atoms with van der Waals surface area (Å²) in [6, 6.07) is 4.57. The lowest BCUT2D eigenvalue weighted by atomic mass is 9.78. The Morgan fingerprint density at radius 1 is 1.12 bits per heavy atom. The van der Waals surface area contributed by atoms with Crippen LogP contribution in [0.2, 0.25) is 0 Å². The summed E-state index contributed by atoms with van der Waals surface area (Å²) in [5.74, 6) is 0.432. The molecule has 34 heavy (non-hydrogen) atoms. The summed E-state index contributed by atoms with van der Waals surface area (Å²) in [7, 11) is 0. The highest BCUT2D eigenvalue weighted by Gasteiger charge is 2.42. The van der Waals surface area contributed by atoms with Gasteiger partial charge in [-0.15, -0.1) is 0 Å². The fourth-order valence-electron chi connectivity index (χ4n) is 4.29. The molecule has 2 heterocycles. The highest BCUT2D eigenvalue weighted by Crippen LogP contribution is 2.39. The molecule has 0 spiro atoms. The van der Waals surface area contributed by atoms with Gasteiger partial charge < -0.3 is 29.0 Å². The number of carbonyl (C=O) groups excluding carboxylic acids is 3. The van der Waals surface area contributed by atoms with Crippen molar-refractivity contribution in [1.82, 2.24) is 5.32 Å². The van der Waals surface area contributed by atoms with Crippen LogP contribution < -0.4 is 14.8 Å². The Kier molecular flexibility index (Phi) is 6.72. The number of esters is 1. The minimum Gasteiger partial charge on any atom is -0.496 e. The molecule has 1 saturated carbocycles. The summed E-state index contributed by atoms with van der Waals surface area (Å²) in [5.41, 5.74) is 0.565. The zero-order valence-electron chi connectivity index (χ0n) is 19.9. The summed E-state index contributed by atoms with van der Waals surface area (Å²) in [5, 5.41) is 2.49. The molecule has 3 aliphatic rings. The van der Waals surface area contributed by atoms with Gasteiger partial charge in [-0.2, -0.15) is 0 Å². The second kappa shape index (κ2) is 9.56. The first-order valence-corrected chi connectivity index (χ1v) is 11.6. The number of amides is 1. The van der Waals surface area contributed by atoms with Crippen LogP contribution >= 0.6 is 0 Å². The molecule has 9 nitrogen and oxygen atoms in total. The maximum Gasteiger partial charge on any atom is 0.408 e. The molecule has 0 bridgehead atoms. The van der Waals surface area contributed by atoms with Gasteiger partial charge in [-0.1, -0.05) is 6.07 Å². The topological polar surface area (TPSA) is 109 Å². The van der Waals surface area contributed by atoms with Crippen LogP contribution in [0.4, 0.5) is 4.79 Å². The maximum absolute atomic E-state index is 13.2. The molecule has 0 aromatic heterocycles. The lowest BCUT2D eigenvalue weighted by Gasteiger charge is -2.37. The number of hydrogen-bond donors (Lipinski definition) is 1. The van der Waals surface area contributed by atoms with Crippen LogP contribution in [0.5, 0.6) is 11.5 Å². The van der Waals surface area contributed by atoms with Crippen molar-refractivity contribution in [2.24, 2.45) is 5.92 Å². The van der Waals surface area contributed by atoms with E-state index in [2.05, 4.69) is 5.32 Å². The summed E-state index contributed by atoms with van der Waals surface area (Å²) in [4.78, 5) is 37.6. The Labute approximate surface area is 198 Å². The molecule has 1 N–H and O–H groups in total. The number of alkyl carbamates (subject to hydrolysis) is 1. The largest absolute Gasteiger partial charge is 0.496 e. The Hall–Kier alpha value is -3.23. The third-order valence-electron chi connectivity index (χ3n) is 5.93. The molecule has 2 aliphatic heterocycles. The molecule has 184 valence electrons. The van der Waals surface area contributed by atoms with Gasteiger partial charge in [-0.3, -0.25) is 4.79 Å². The average Bonchev–Trinajstić information content (AvgIpc) is 2.77. The first-order chi connectivity index (χ1) is 16.1. The highest BCUT2D eigenvalue weighted by atomic mass is 16.6. The standard InChI is InChI=1S/C25H31NO8/c1-14(26-24(29)34-25(2,3)4)23(28)33-16-6-7-17-20(12-16)32-13-18(22(17)27)15-5-8-19-21(11-15)31-10-9-30-19/h5,8,11,13-14,16-17,20H,6-7,9-10,12H2,1-4H3,(H,26,29). The van der Waals surface area contributed by atoms with Crippen LogP contribution in [0.1, 0.15) is 52.5 Å². The second-order valence-electron chi connectivity index (χ2n) is 9.78. The fourth-order valence-corrected chi connectivity index (χ4v) is 4.29. The molecule has 1 aromatic rings. The number of nitrogens with one attached hydrogen (secondary N) is 1. The first kappa shape index (κ1) is 23.9. The van der Waals surface area contributed by atoms with Gasteiger partial charge in [0.05, 0.1) is 17.8 Å². The van der Waals surface area contributed by atoms with Crippen molar-refractivity contribution in [2.75, 3.05) is 13.2 Å². The van der Waals surface area contributed by atoms with Crippen LogP contribution in [0.3, 0.4) is 0 Å². The van der Waals surface area contributed by atoms with E-state index in [1.165, 1.54) is 6.26 Å². The maximum atomic E-state index is 13.2. The van der Waals surface area contributed by atoms with Crippen molar-refractivity contribution in [3.8, 4) is 11.5 Å². The summed E-state index contributed by atoms with van der Waals surface area (Å²) >= 11 is 0. The number of benzene rings is 1. The van der Waals surface area contributed by atoms with Gasteiger partial charge in [0.2, 0.25) is 0 Å². The van der Waals surface area contributed by atoms with E-state index in [4.69, 9.17) is 23.7 Å². The SMILES string of the molecule is CC(NC(=O)OC(C)(C)C)C(=O)OC1CCC2C(=O)C(c3ccc4c(c3)OCCO4)=COC2C1. The van der Waals surface area contributed by atoms with Gasteiger partial charge in [-0.25, -0.2) is 9.59 Å². The number of ether oxygens (including phenoxy) is 5. The Bertz CT molecular complexity index is 995. The molecule has 1 aliphatic carbocycles. The van der Waals surface area contributed by atoms with Crippen LogP contribution in [0.25, 0.3) is 5.57 Å². The van der Waals surface area contributed by atoms with Crippen molar-refractivity contribution < 1.29 is 38.1 Å². The molecule has 0 radical (unpaired) electrons. The minimum absolute atomic E-state index is 0.0117. The number of allylic oxidation sites excluding steroid dienone is 1. The minimum atomic E-state index is -0.858. The second-order valence-corrected chi connectivity index (χ2v) is 9.78. The van der Waals surface area contributed by atoms with E-state index in [0.29, 0.717) is 49.5 Å². The van der Waals surface area contributed by atoms with Gasteiger partial charge in [0.15, 0.2) is 17.3 Å². The number of rotatable bonds is 4. The Balaban J connectivity index is 1.34. The van der Waals surface area contributed by atoms with Crippen LogP contribution in [-0.4, -0.2) is 54.9 Å². The normalized spacial score (nSPS) is 24.6. The van der Waals surface area contributed by atoms with Gasteiger partial charge in [0.25, 0.3) is 0 Å². The van der Waals surface area contributed by atoms with Crippen LogP contribution in [0.15, 0.2) is 24.5 Å². The van der Waals surface area contributed by atoms with Gasteiger partial charge in [-0.05, 0) is 58.2 Å². The van der Waals surface area contributed by atoms with Crippen molar-refractivity contribution in [1.29, 1.82) is 0 Å². The molecular weight excluding hydrogens is 442 g/mol. The quantitative estimate of drug-likeness (QED) is 0.663. The van der Waals surface area contributed by atoms with E-state index in [1.807, 2.05) is 6.07 Å². The predicted molar refractivity (Wildman–Crippen MR) is 121 cm³/mol. The van der Waals surface area contributed by atoms with Gasteiger partial charge in [0, 0.05) is 6.42 Å². The van der Waals surface area contributed by atoms with Gasteiger partial charge >= 0.3 is 12.1 Å². The fraction of sp³-hybridized carbons (Fsp3) is 0.560. The number of hydrogen-bond acceptors (Lipinski definition) is 8. The Morgan fingerprint density at radius 3 is 2.59 bits per heavy atom. The molecule has 1 amide bonds. The number of carbonyl (C=O) groups is 3. The third kappa shape index (κ3) is 5.46. The van der Waals surface area contributed by atoms with Crippen LogP contribution in [0, 0.1) is 5.92 Å². The predicted octanol–water partition coefficient (Wildman–Crippen LogP) is 3.39. The van der Waals surface area contributed by atoms with E-state index in [0.717, 1.165) is 5.56 Å². The van der Waals surface area contributed by atoms with E-state index >= 15 is 0 Å². The van der Waals surface area contributed by atoms with Gasteiger partial charge in [0.1, 0.15) is 37.1 Å². The van der Waals surface area contributed by atoms with E-state index in [1.54, 1.807) is 39.8 Å². The monoisotopic (exact) mass is 473 g/mol. The van der Waals surface area contributed by atoms with Crippen molar-refractivity contribution in [3.63, 3.8) is 0 Å². The first-order valence-electron chi connectivity index (χ1n) is 11.6. The number of Topliss-reactive ketones (excluding diaryl/α,β-unsaturated/α-hetero) is 1. The molecular formula is C25H31NO8. The summed E-state index contributed by atoms with van der Waals surface area (Å²) in [6.45, 7) is 7.74. The highest BCUT2D eigenvalue weighted by molar-refractivity contribution is 6.22. The molecule has 4 atom stereocenters.